The highest BCUT2D eigenvalue weighted by Gasteiger charge is 2.52. The van der Waals surface area contributed by atoms with Crippen molar-refractivity contribution in [2.24, 2.45) is 5.14 Å². The first kappa shape index (κ1) is 23.9. The molecule has 3 aromatic carbocycles. The topological polar surface area (TPSA) is 117 Å². The van der Waals surface area contributed by atoms with E-state index in [1.807, 2.05) is 0 Å². The summed E-state index contributed by atoms with van der Waals surface area (Å²) in [6, 6.07) is 14.4. The van der Waals surface area contributed by atoms with Gasteiger partial charge in [-0.3, -0.25) is 4.79 Å². The number of ether oxygens (including phenoxy) is 3. The molecule has 1 aliphatic heterocycles. The summed E-state index contributed by atoms with van der Waals surface area (Å²) in [4.78, 5) is 13.2. The fourth-order valence-corrected chi connectivity index (χ4v) is 4.64. The van der Waals surface area contributed by atoms with Crippen LogP contribution in [-0.4, -0.2) is 27.5 Å². The summed E-state index contributed by atoms with van der Waals surface area (Å²) in [5.41, 5.74) is 0.202. The van der Waals surface area contributed by atoms with Gasteiger partial charge in [-0.25, -0.2) is 13.6 Å². The second kappa shape index (κ2) is 8.42. The lowest BCUT2D eigenvalue weighted by Gasteiger charge is -2.19. The Kier molecular flexibility index (Phi) is 5.60. The third-order valence-electron chi connectivity index (χ3n) is 6.06. The van der Waals surface area contributed by atoms with Crippen LogP contribution in [-0.2, 0) is 20.2 Å². The molecule has 0 atom stereocenters. The SMILES string of the molecule is NS(=O)(=O)c1cccc(-c2ccc(OC(F)(F)F)c(NC(=O)C3(c4ccc5c(c4)OCO5)CC3)c2)c1. The van der Waals surface area contributed by atoms with Crippen molar-refractivity contribution in [3.63, 3.8) is 0 Å². The molecule has 188 valence electrons. The average molecular weight is 520 g/mol. The molecular weight excluding hydrogens is 501 g/mol. The number of primary sulfonamides is 1. The normalized spacial score (nSPS) is 15.9. The van der Waals surface area contributed by atoms with Crippen LogP contribution < -0.4 is 24.7 Å². The number of amides is 1. The number of nitrogens with one attached hydrogen (secondary N) is 1. The lowest BCUT2D eigenvalue weighted by molar-refractivity contribution is -0.274. The van der Waals surface area contributed by atoms with Crippen molar-refractivity contribution in [2.75, 3.05) is 12.1 Å². The van der Waals surface area contributed by atoms with E-state index >= 15 is 0 Å². The van der Waals surface area contributed by atoms with Gasteiger partial charge >= 0.3 is 6.36 Å². The number of hydrogen-bond donors (Lipinski definition) is 2. The summed E-state index contributed by atoms with van der Waals surface area (Å²) in [5, 5.41) is 7.77. The molecule has 0 spiro atoms. The fraction of sp³-hybridized carbons (Fsp3) is 0.208. The van der Waals surface area contributed by atoms with Crippen molar-refractivity contribution in [3.8, 4) is 28.4 Å². The summed E-state index contributed by atoms with van der Waals surface area (Å²) < 4.78 is 77.4. The Hall–Kier alpha value is -3.77. The van der Waals surface area contributed by atoms with E-state index in [1.165, 1.54) is 30.3 Å². The second-order valence-corrected chi connectivity index (χ2v) is 10.00. The Labute approximate surface area is 203 Å². The Balaban J connectivity index is 1.50. The van der Waals surface area contributed by atoms with Crippen molar-refractivity contribution < 1.29 is 40.6 Å². The maximum Gasteiger partial charge on any atom is 0.573 e. The number of carbonyl (C=O) groups excluding carboxylic acids is 1. The Morgan fingerprint density at radius 3 is 2.39 bits per heavy atom. The molecule has 3 N–H and O–H groups in total. The average Bonchev–Trinajstić information content (AvgIpc) is 3.49. The highest BCUT2D eigenvalue weighted by molar-refractivity contribution is 7.89. The molecule has 1 heterocycles. The number of carbonyl (C=O) groups is 1. The van der Waals surface area contributed by atoms with Gasteiger partial charge in [0.1, 0.15) is 0 Å². The molecule has 1 fully saturated rings. The predicted octanol–water partition coefficient (Wildman–Crippen LogP) is 4.30. The molecule has 1 saturated carbocycles. The Bertz CT molecular complexity index is 1470. The smallest absolute Gasteiger partial charge is 0.454 e. The van der Waals surface area contributed by atoms with Gasteiger partial charge in [-0.1, -0.05) is 24.3 Å². The van der Waals surface area contributed by atoms with E-state index in [0.29, 0.717) is 41.0 Å². The van der Waals surface area contributed by atoms with Gasteiger partial charge in [0.25, 0.3) is 0 Å². The first-order chi connectivity index (χ1) is 16.9. The van der Waals surface area contributed by atoms with Crippen molar-refractivity contribution in [1.82, 2.24) is 0 Å². The molecule has 0 unspecified atom stereocenters. The molecular formula is C24H19F3N2O6S. The standard InChI is InChI=1S/C24H19F3N2O6S/c25-24(26,27)35-19-6-4-15(14-2-1-3-17(10-14)36(28,31)32)11-18(19)29-22(30)23(8-9-23)16-5-7-20-21(12-16)34-13-33-20/h1-7,10-12H,8-9,13H2,(H,29,30)(H2,28,31,32). The highest BCUT2D eigenvalue weighted by Crippen LogP contribution is 2.51. The van der Waals surface area contributed by atoms with Gasteiger partial charge in [0.15, 0.2) is 17.2 Å². The lowest BCUT2D eigenvalue weighted by Crippen LogP contribution is -2.28. The van der Waals surface area contributed by atoms with E-state index in [1.54, 1.807) is 24.3 Å². The monoisotopic (exact) mass is 520 g/mol. The van der Waals surface area contributed by atoms with Crippen molar-refractivity contribution in [3.05, 3.63) is 66.2 Å². The van der Waals surface area contributed by atoms with Gasteiger partial charge in [0.05, 0.1) is 16.0 Å². The molecule has 1 amide bonds. The molecule has 0 saturated heterocycles. The fourth-order valence-electron chi connectivity index (χ4n) is 4.08. The third kappa shape index (κ3) is 4.69. The number of halogens is 3. The molecule has 36 heavy (non-hydrogen) atoms. The van der Waals surface area contributed by atoms with E-state index in [9.17, 15) is 26.4 Å². The van der Waals surface area contributed by atoms with E-state index in [-0.39, 0.29) is 17.4 Å². The van der Waals surface area contributed by atoms with Crippen LogP contribution in [0.2, 0.25) is 0 Å². The predicted molar refractivity (Wildman–Crippen MR) is 122 cm³/mol. The maximum atomic E-state index is 13.3. The van der Waals surface area contributed by atoms with Crippen LogP contribution in [0.1, 0.15) is 18.4 Å². The molecule has 12 heteroatoms. The van der Waals surface area contributed by atoms with Gasteiger partial charge in [-0.2, -0.15) is 0 Å². The van der Waals surface area contributed by atoms with E-state index in [0.717, 1.165) is 6.07 Å². The number of nitrogens with two attached hydrogens (primary N) is 1. The molecule has 2 aliphatic rings. The van der Waals surface area contributed by atoms with E-state index in [4.69, 9.17) is 14.6 Å². The zero-order chi connectivity index (χ0) is 25.7. The zero-order valence-electron chi connectivity index (χ0n) is 18.5. The zero-order valence-corrected chi connectivity index (χ0v) is 19.3. The van der Waals surface area contributed by atoms with Gasteiger partial charge < -0.3 is 19.5 Å². The van der Waals surface area contributed by atoms with Crippen LogP contribution >= 0.6 is 0 Å². The second-order valence-electron chi connectivity index (χ2n) is 8.44. The quantitative estimate of drug-likeness (QED) is 0.501. The van der Waals surface area contributed by atoms with Crippen molar-refractivity contribution >= 4 is 21.6 Å². The first-order valence-corrected chi connectivity index (χ1v) is 12.2. The number of anilines is 1. The molecule has 0 radical (unpaired) electrons. The Morgan fingerprint density at radius 1 is 0.972 bits per heavy atom. The number of alkyl halides is 3. The van der Waals surface area contributed by atoms with Crippen LogP contribution in [0.3, 0.4) is 0 Å². The first-order valence-electron chi connectivity index (χ1n) is 10.7. The number of fused-ring (bicyclic) bond motifs is 1. The minimum absolute atomic E-state index is 0.0651. The van der Waals surface area contributed by atoms with Gasteiger partial charge in [-0.05, 0) is 65.9 Å². The summed E-state index contributed by atoms with van der Waals surface area (Å²) in [6.07, 6.45) is -4.02. The van der Waals surface area contributed by atoms with Crippen molar-refractivity contribution in [2.45, 2.75) is 29.5 Å². The number of hydrogen-bond acceptors (Lipinski definition) is 6. The molecule has 5 rings (SSSR count). The third-order valence-corrected chi connectivity index (χ3v) is 6.97. The number of benzene rings is 3. The minimum atomic E-state index is -5.00. The van der Waals surface area contributed by atoms with Crippen LogP contribution in [0.25, 0.3) is 11.1 Å². The summed E-state index contributed by atoms with van der Waals surface area (Å²) in [7, 11) is -4.00. The van der Waals surface area contributed by atoms with E-state index in [2.05, 4.69) is 10.1 Å². The van der Waals surface area contributed by atoms with Gasteiger partial charge in [0, 0.05) is 0 Å². The van der Waals surface area contributed by atoms with Crippen LogP contribution in [0, 0.1) is 0 Å². The van der Waals surface area contributed by atoms with Crippen LogP contribution in [0.5, 0.6) is 17.2 Å². The molecule has 8 nitrogen and oxygen atoms in total. The largest absolute Gasteiger partial charge is 0.573 e. The van der Waals surface area contributed by atoms with Gasteiger partial charge in [-0.15, -0.1) is 13.2 Å². The summed E-state index contributed by atoms with van der Waals surface area (Å²) in [5.74, 6) is -0.0813. The van der Waals surface area contributed by atoms with E-state index < -0.39 is 33.5 Å². The molecule has 3 aromatic rings. The number of rotatable bonds is 6. The van der Waals surface area contributed by atoms with Crippen LogP contribution in [0.15, 0.2) is 65.6 Å². The molecule has 1 aliphatic carbocycles. The van der Waals surface area contributed by atoms with Crippen LogP contribution in [0.4, 0.5) is 18.9 Å². The molecule has 0 bridgehead atoms. The molecule has 0 aromatic heterocycles. The lowest BCUT2D eigenvalue weighted by atomic mass is 9.94. The summed E-state index contributed by atoms with van der Waals surface area (Å²) >= 11 is 0. The highest BCUT2D eigenvalue weighted by atomic mass is 32.2. The summed E-state index contributed by atoms with van der Waals surface area (Å²) in [6.45, 7) is 0.0651. The number of sulfonamides is 1. The van der Waals surface area contributed by atoms with Gasteiger partial charge in [0.2, 0.25) is 22.7 Å². The maximum absolute atomic E-state index is 13.3. The van der Waals surface area contributed by atoms with Crippen molar-refractivity contribution in [1.29, 1.82) is 0 Å². The Morgan fingerprint density at radius 2 is 1.69 bits per heavy atom. The minimum Gasteiger partial charge on any atom is -0.454 e.